The molecule has 0 aliphatic heterocycles. The van der Waals surface area contributed by atoms with Crippen LogP contribution < -0.4 is 9.80 Å². The monoisotopic (exact) mass is 875 g/mol. The second kappa shape index (κ2) is 16.0. The second-order valence-corrected chi connectivity index (χ2v) is 19.9. The van der Waals surface area contributed by atoms with Gasteiger partial charge < -0.3 is 14.4 Å². The molecule has 0 amide bonds. The lowest BCUT2D eigenvalue weighted by Gasteiger charge is -2.31. The molecule has 10 aromatic carbocycles. The Morgan fingerprint density at radius 1 is 0.382 bits per heavy atom. The SMILES string of the molecule is CC(C)(C)c1ccc(-n2c3ccccc3c3cc(-c4cc(N(c5ccccc5)c5ccc6c(c5)C(C)(C)c5ccccc5-6)cc(N(c5ccccc5)c5cccc6ccccc56)c4)ccc32)cc1. The van der Waals surface area contributed by atoms with E-state index in [-0.39, 0.29) is 10.8 Å². The Morgan fingerprint density at radius 2 is 0.985 bits per heavy atom. The molecular weight excluding hydrogens is 823 g/mol. The zero-order valence-corrected chi connectivity index (χ0v) is 39.3. The van der Waals surface area contributed by atoms with Gasteiger partial charge >= 0.3 is 0 Å². The molecule has 1 heterocycles. The molecule has 0 bridgehead atoms. The number of hydrogen-bond acceptors (Lipinski definition) is 2. The molecule has 0 fully saturated rings. The first-order valence-corrected chi connectivity index (χ1v) is 23.8. The van der Waals surface area contributed by atoms with Gasteiger partial charge in [0.1, 0.15) is 0 Å². The molecule has 0 unspecified atom stereocenters. The number of anilines is 6. The number of fused-ring (bicyclic) bond motifs is 7. The van der Waals surface area contributed by atoms with E-state index in [0.717, 1.165) is 50.9 Å². The lowest BCUT2D eigenvalue weighted by molar-refractivity contribution is 0.590. The van der Waals surface area contributed by atoms with E-state index in [1.165, 1.54) is 60.4 Å². The Balaban J connectivity index is 1.11. The van der Waals surface area contributed by atoms with Gasteiger partial charge in [-0.25, -0.2) is 0 Å². The van der Waals surface area contributed by atoms with Crippen LogP contribution in [0.1, 0.15) is 51.3 Å². The average molecular weight is 876 g/mol. The average Bonchev–Trinajstić information content (AvgIpc) is 3.82. The molecule has 11 aromatic rings. The maximum absolute atomic E-state index is 2.45. The molecule has 12 rings (SSSR count). The summed E-state index contributed by atoms with van der Waals surface area (Å²) in [6, 6.07) is 85.2. The summed E-state index contributed by atoms with van der Waals surface area (Å²) in [5.41, 5.74) is 19.0. The van der Waals surface area contributed by atoms with Crippen LogP contribution in [0, 0.1) is 0 Å². The van der Waals surface area contributed by atoms with Gasteiger partial charge in [-0.15, -0.1) is 0 Å². The third kappa shape index (κ3) is 6.88. The van der Waals surface area contributed by atoms with Gasteiger partial charge in [-0.2, -0.15) is 0 Å². The van der Waals surface area contributed by atoms with Crippen molar-refractivity contribution in [3.63, 3.8) is 0 Å². The smallest absolute Gasteiger partial charge is 0.0541 e. The number of aromatic nitrogens is 1. The van der Waals surface area contributed by atoms with E-state index in [1.807, 2.05) is 0 Å². The molecule has 3 nitrogen and oxygen atoms in total. The summed E-state index contributed by atoms with van der Waals surface area (Å²) in [6.45, 7) is 11.6. The van der Waals surface area contributed by atoms with Gasteiger partial charge in [0.15, 0.2) is 0 Å². The number of rotatable bonds is 8. The lowest BCUT2D eigenvalue weighted by atomic mass is 9.82. The van der Waals surface area contributed by atoms with Crippen LogP contribution in [-0.4, -0.2) is 4.57 Å². The quantitative estimate of drug-likeness (QED) is 0.151. The molecule has 68 heavy (non-hydrogen) atoms. The van der Waals surface area contributed by atoms with Gasteiger partial charge in [-0.05, 0) is 141 Å². The highest BCUT2D eigenvalue weighted by molar-refractivity contribution is 6.11. The molecule has 1 aromatic heterocycles. The summed E-state index contributed by atoms with van der Waals surface area (Å²) in [6.07, 6.45) is 0. The second-order valence-electron chi connectivity index (χ2n) is 19.9. The van der Waals surface area contributed by atoms with E-state index >= 15 is 0 Å². The third-order valence-electron chi connectivity index (χ3n) is 14.3. The van der Waals surface area contributed by atoms with Crippen LogP contribution in [-0.2, 0) is 10.8 Å². The fraction of sp³-hybridized carbons (Fsp3) is 0.108. The van der Waals surface area contributed by atoms with Crippen LogP contribution in [0.15, 0.2) is 231 Å². The first kappa shape index (κ1) is 41.3. The highest BCUT2D eigenvalue weighted by Gasteiger charge is 2.36. The predicted octanol–water partition coefficient (Wildman–Crippen LogP) is 18.1. The highest BCUT2D eigenvalue weighted by Crippen LogP contribution is 2.52. The van der Waals surface area contributed by atoms with Gasteiger partial charge in [-0.3, -0.25) is 0 Å². The van der Waals surface area contributed by atoms with Crippen molar-refractivity contribution >= 4 is 66.7 Å². The normalized spacial score (nSPS) is 12.9. The van der Waals surface area contributed by atoms with Crippen LogP contribution in [0.2, 0.25) is 0 Å². The van der Waals surface area contributed by atoms with E-state index in [2.05, 4.69) is 280 Å². The van der Waals surface area contributed by atoms with E-state index in [0.29, 0.717) is 0 Å². The fourth-order valence-corrected chi connectivity index (χ4v) is 10.8. The Morgan fingerprint density at radius 3 is 1.74 bits per heavy atom. The van der Waals surface area contributed by atoms with Crippen LogP contribution >= 0.6 is 0 Å². The number of hydrogen-bond donors (Lipinski definition) is 0. The first-order chi connectivity index (χ1) is 33.1. The Labute approximate surface area is 399 Å². The summed E-state index contributed by atoms with van der Waals surface area (Å²) in [5, 5.41) is 4.84. The molecule has 3 heteroatoms. The molecule has 0 radical (unpaired) electrons. The maximum atomic E-state index is 2.45. The summed E-state index contributed by atoms with van der Waals surface area (Å²) in [7, 11) is 0. The van der Waals surface area contributed by atoms with Crippen LogP contribution in [0.5, 0.6) is 0 Å². The van der Waals surface area contributed by atoms with E-state index < -0.39 is 0 Å². The Kier molecular flexibility index (Phi) is 9.74. The van der Waals surface area contributed by atoms with Gasteiger partial charge in [-0.1, -0.05) is 174 Å². The minimum absolute atomic E-state index is 0.0738. The van der Waals surface area contributed by atoms with Gasteiger partial charge in [0.05, 0.1) is 16.7 Å². The third-order valence-corrected chi connectivity index (χ3v) is 14.3. The predicted molar refractivity (Wildman–Crippen MR) is 289 cm³/mol. The molecular formula is C65H53N3. The van der Waals surface area contributed by atoms with Gasteiger partial charge in [0, 0.05) is 55.7 Å². The zero-order chi connectivity index (χ0) is 46.1. The molecule has 1 aliphatic rings. The zero-order valence-electron chi connectivity index (χ0n) is 39.3. The van der Waals surface area contributed by atoms with Crippen molar-refractivity contribution < 1.29 is 0 Å². The maximum Gasteiger partial charge on any atom is 0.0541 e. The largest absolute Gasteiger partial charge is 0.310 e. The summed E-state index contributed by atoms with van der Waals surface area (Å²) in [5.74, 6) is 0. The fourth-order valence-electron chi connectivity index (χ4n) is 10.8. The van der Waals surface area contributed by atoms with Crippen molar-refractivity contribution in [2.45, 2.75) is 45.4 Å². The Hall–Kier alpha value is -8.14. The molecule has 1 aliphatic carbocycles. The van der Waals surface area contributed by atoms with Crippen molar-refractivity contribution in [3.05, 3.63) is 247 Å². The van der Waals surface area contributed by atoms with Crippen LogP contribution in [0.25, 0.3) is 60.5 Å². The minimum atomic E-state index is -0.154. The standard InChI is InChI=1S/C65H53N3/c1-64(2,3)47-32-34-50(35-33-47)68-62-29-17-15-27-57(62)58-41-45(31-38-63(58)68)46-39-52(42-53(40-46)67(49-23-10-7-11-24-49)61-30-18-20-44-19-12-13-25-54(44)61)66(48-21-8-6-9-22-48)51-36-37-56-55-26-14-16-28-59(55)65(4,5)60(56)43-51/h6-43H,1-5H3. The topological polar surface area (TPSA) is 11.4 Å². The number of benzene rings is 10. The number of para-hydroxylation sites is 3. The summed E-state index contributed by atoms with van der Waals surface area (Å²) >= 11 is 0. The summed E-state index contributed by atoms with van der Waals surface area (Å²) in [4.78, 5) is 4.89. The lowest BCUT2D eigenvalue weighted by Crippen LogP contribution is -2.17. The molecule has 328 valence electrons. The molecule has 0 saturated carbocycles. The van der Waals surface area contributed by atoms with E-state index in [1.54, 1.807) is 0 Å². The van der Waals surface area contributed by atoms with Crippen molar-refractivity contribution in [1.82, 2.24) is 4.57 Å². The van der Waals surface area contributed by atoms with Gasteiger partial charge in [0.25, 0.3) is 0 Å². The van der Waals surface area contributed by atoms with Crippen molar-refractivity contribution in [2.75, 3.05) is 9.80 Å². The first-order valence-electron chi connectivity index (χ1n) is 23.8. The molecule has 0 N–H and O–H groups in total. The molecule has 0 atom stereocenters. The van der Waals surface area contributed by atoms with Crippen molar-refractivity contribution in [2.24, 2.45) is 0 Å². The van der Waals surface area contributed by atoms with Gasteiger partial charge in [0.2, 0.25) is 0 Å². The van der Waals surface area contributed by atoms with Crippen molar-refractivity contribution in [1.29, 1.82) is 0 Å². The van der Waals surface area contributed by atoms with Crippen LogP contribution in [0.3, 0.4) is 0 Å². The minimum Gasteiger partial charge on any atom is -0.310 e. The molecule has 0 saturated heterocycles. The summed E-state index contributed by atoms with van der Waals surface area (Å²) < 4.78 is 2.42. The van der Waals surface area contributed by atoms with Crippen LogP contribution in [0.4, 0.5) is 34.1 Å². The van der Waals surface area contributed by atoms with E-state index in [9.17, 15) is 0 Å². The molecule has 0 spiro atoms. The highest BCUT2D eigenvalue weighted by atomic mass is 15.2. The number of nitrogens with zero attached hydrogens (tertiary/aromatic N) is 3. The Bertz CT molecular complexity index is 3680. The van der Waals surface area contributed by atoms with Crippen molar-refractivity contribution in [3.8, 4) is 27.9 Å². The van der Waals surface area contributed by atoms with E-state index in [4.69, 9.17) is 0 Å².